The molecular weight excluding hydrogens is 308 g/mol. The lowest BCUT2D eigenvalue weighted by Gasteiger charge is -1.99. The molecule has 2 aromatic heterocycles. The van der Waals surface area contributed by atoms with Crippen LogP contribution in [-0.4, -0.2) is 34.4 Å². The van der Waals surface area contributed by atoms with E-state index < -0.39 is 9.84 Å². The van der Waals surface area contributed by atoms with Crippen LogP contribution >= 0.6 is 15.9 Å². The van der Waals surface area contributed by atoms with E-state index in [4.69, 9.17) is 0 Å². The molecule has 0 aliphatic rings. The zero-order valence-corrected chi connectivity index (χ0v) is 11.3. The van der Waals surface area contributed by atoms with E-state index in [0.717, 1.165) is 11.8 Å². The molecule has 0 aliphatic carbocycles. The van der Waals surface area contributed by atoms with E-state index in [2.05, 4.69) is 31.0 Å². The Morgan fingerprint density at radius 2 is 1.94 bits per heavy atom. The first-order valence-electron chi connectivity index (χ1n) is 4.62. The second-order valence-corrected chi connectivity index (χ2v) is 5.99. The second kappa shape index (κ2) is 4.53. The zero-order valence-electron chi connectivity index (χ0n) is 8.91. The fourth-order valence-electron chi connectivity index (χ4n) is 1.14. The summed E-state index contributed by atoms with van der Waals surface area (Å²) in [6, 6.07) is 0. The van der Waals surface area contributed by atoms with Gasteiger partial charge in [-0.25, -0.2) is 23.1 Å². The Labute approximate surface area is 107 Å². The van der Waals surface area contributed by atoms with E-state index in [1.54, 1.807) is 12.4 Å². The maximum absolute atomic E-state index is 11.3. The number of halogens is 1. The predicted octanol–water partition coefficient (Wildman–Crippen LogP) is 0.961. The summed E-state index contributed by atoms with van der Waals surface area (Å²) in [6.45, 7) is 0. The van der Waals surface area contributed by atoms with Gasteiger partial charge in [-0.2, -0.15) is 5.10 Å². The Morgan fingerprint density at radius 1 is 1.29 bits per heavy atom. The molecule has 17 heavy (non-hydrogen) atoms. The Balaban J connectivity index is 2.37. The van der Waals surface area contributed by atoms with Crippen molar-refractivity contribution in [1.29, 1.82) is 0 Å². The van der Waals surface area contributed by atoms with Crippen molar-refractivity contribution in [3.05, 3.63) is 30.4 Å². The molecule has 0 amide bonds. The predicted molar refractivity (Wildman–Crippen MR) is 64.9 cm³/mol. The molecule has 8 heteroatoms. The zero-order chi connectivity index (χ0) is 12.5. The first kappa shape index (κ1) is 12.2. The van der Waals surface area contributed by atoms with Crippen molar-refractivity contribution in [3.63, 3.8) is 0 Å². The highest BCUT2D eigenvalue weighted by Crippen LogP contribution is 2.09. The van der Waals surface area contributed by atoms with Gasteiger partial charge in [0.2, 0.25) is 5.95 Å². The minimum atomic E-state index is -3.25. The van der Waals surface area contributed by atoms with Crippen molar-refractivity contribution in [1.82, 2.24) is 19.7 Å². The average molecular weight is 317 g/mol. The van der Waals surface area contributed by atoms with Gasteiger partial charge >= 0.3 is 0 Å². The van der Waals surface area contributed by atoms with E-state index >= 15 is 0 Å². The van der Waals surface area contributed by atoms with Gasteiger partial charge in [0.15, 0.2) is 9.84 Å². The molecule has 2 aromatic rings. The number of sulfone groups is 1. The molecule has 0 atom stereocenters. The molecule has 0 spiro atoms. The molecule has 0 aromatic carbocycles. The fourth-order valence-corrected chi connectivity index (χ4v) is 1.96. The first-order valence-corrected chi connectivity index (χ1v) is 7.64. The number of alkyl halides is 1. The van der Waals surface area contributed by atoms with E-state index in [9.17, 15) is 8.42 Å². The molecule has 0 unspecified atom stereocenters. The van der Waals surface area contributed by atoms with Crippen molar-refractivity contribution in [3.8, 4) is 5.95 Å². The lowest BCUT2D eigenvalue weighted by atomic mass is 10.4. The highest BCUT2D eigenvalue weighted by Gasteiger charge is 2.11. The fraction of sp³-hybridized carbons (Fsp3) is 0.222. The summed E-state index contributed by atoms with van der Waals surface area (Å²) in [7, 11) is -3.25. The molecule has 6 nitrogen and oxygen atoms in total. The van der Waals surface area contributed by atoms with E-state index in [0.29, 0.717) is 11.3 Å². The van der Waals surface area contributed by atoms with Gasteiger partial charge in [-0.3, -0.25) is 0 Å². The smallest absolute Gasteiger partial charge is 0.224 e. The minimum absolute atomic E-state index is 0.144. The molecule has 0 aliphatic heterocycles. The van der Waals surface area contributed by atoms with E-state index in [1.807, 2.05) is 0 Å². The number of hydrogen-bond acceptors (Lipinski definition) is 5. The van der Waals surface area contributed by atoms with Crippen LogP contribution in [-0.2, 0) is 15.2 Å². The number of nitrogens with zero attached hydrogens (tertiary/aromatic N) is 4. The summed E-state index contributed by atoms with van der Waals surface area (Å²) in [5.74, 6) is 0.338. The van der Waals surface area contributed by atoms with Crippen LogP contribution in [0.2, 0.25) is 0 Å². The van der Waals surface area contributed by atoms with Crippen LogP contribution in [0.3, 0.4) is 0 Å². The van der Waals surface area contributed by atoms with Crippen LogP contribution in [0.5, 0.6) is 0 Å². The Kier molecular flexibility index (Phi) is 3.25. The molecule has 2 rings (SSSR count). The third-order valence-electron chi connectivity index (χ3n) is 2.04. The topological polar surface area (TPSA) is 77.7 Å². The van der Waals surface area contributed by atoms with Crippen LogP contribution in [0, 0.1) is 0 Å². The lowest BCUT2D eigenvalue weighted by Crippen LogP contribution is -2.02. The molecule has 0 saturated heterocycles. The van der Waals surface area contributed by atoms with Gasteiger partial charge < -0.3 is 0 Å². The molecule has 2 heterocycles. The second-order valence-electron chi connectivity index (χ2n) is 3.42. The maximum atomic E-state index is 11.3. The summed E-state index contributed by atoms with van der Waals surface area (Å²) < 4.78 is 23.9. The average Bonchev–Trinajstić information content (AvgIpc) is 2.78. The van der Waals surface area contributed by atoms with Gasteiger partial charge in [-0.15, -0.1) is 0 Å². The normalized spacial score (nSPS) is 11.6. The van der Waals surface area contributed by atoms with Crippen molar-refractivity contribution >= 4 is 25.8 Å². The Morgan fingerprint density at radius 3 is 2.41 bits per heavy atom. The maximum Gasteiger partial charge on any atom is 0.250 e. The van der Waals surface area contributed by atoms with Gasteiger partial charge in [0.25, 0.3) is 0 Å². The lowest BCUT2D eigenvalue weighted by molar-refractivity contribution is 0.602. The molecule has 90 valence electrons. The van der Waals surface area contributed by atoms with E-state index in [1.165, 1.54) is 17.1 Å². The highest BCUT2D eigenvalue weighted by atomic mass is 79.9. The molecule has 0 N–H and O–H groups in total. The van der Waals surface area contributed by atoms with Crippen molar-refractivity contribution in [2.45, 2.75) is 10.2 Å². The van der Waals surface area contributed by atoms with Crippen molar-refractivity contribution in [2.24, 2.45) is 0 Å². The van der Waals surface area contributed by atoms with Crippen LogP contribution in [0.15, 0.2) is 29.7 Å². The largest absolute Gasteiger partial charge is 0.250 e. The monoisotopic (exact) mass is 316 g/mol. The van der Waals surface area contributed by atoms with E-state index in [-0.39, 0.29) is 4.90 Å². The quantitative estimate of drug-likeness (QED) is 0.788. The number of rotatable bonds is 3. The van der Waals surface area contributed by atoms with Crippen molar-refractivity contribution < 1.29 is 8.42 Å². The van der Waals surface area contributed by atoms with Gasteiger partial charge in [0.05, 0.1) is 12.4 Å². The Hall–Kier alpha value is -1.28. The van der Waals surface area contributed by atoms with Gasteiger partial charge in [0, 0.05) is 24.0 Å². The summed E-state index contributed by atoms with van der Waals surface area (Å²) in [5.41, 5.74) is 0.934. The van der Waals surface area contributed by atoms with Crippen LogP contribution in [0.1, 0.15) is 5.56 Å². The van der Waals surface area contributed by atoms with Crippen LogP contribution in [0.25, 0.3) is 5.95 Å². The minimum Gasteiger partial charge on any atom is -0.224 e. The van der Waals surface area contributed by atoms with Crippen LogP contribution in [0.4, 0.5) is 0 Å². The molecular formula is C9H9BrN4O2S. The number of aromatic nitrogens is 4. The molecule has 0 fully saturated rings. The summed E-state index contributed by atoms with van der Waals surface area (Å²) in [5, 5.41) is 4.58. The van der Waals surface area contributed by atoms with Crippen LogP contribution < -0.4 is 0 Å². The molecule has 0 bridgehead atoms. The van der Waals surface area contributed by atoms with Gasteiger partial charge in [-0.1, -0.05) is 15.9 Å². The van der Waals surface area contributed by atoms with Crippen molar-refractivity contribution in [2.75, 3.05) is 6.26 Å². The van der Waals surface area contributed by atoms with Gasteiger partial charge in [0.1, 0.15) is 4.90 Å². The summed E-state index contributed by atoms with van der Waals surface area (Å²) >= 11 is 3.29. The third-order valence-corrected chi connectivity index (χ3v) is 3.75. The SMILES string of the molecule is CS(=O)(=O)c1cnn(-c2ncc(CBr)cn2)c1. The first-order chi connectivity index (χ1) is 8.00. The Bertz CT molecular complexity index is 621. The standard InChI is InChI=1S/C9H9BrN4O2S/c1-17(15,16)8-5-13-14(6-8)9-11-3-7(2-10)4-12-9/h3-6H,2H2,1H3. The molecule has 0 radical (unpaired) electrons. The highest BCUT2D eigenvalue weighted by molar-refractivity contribution is 9.08. The van der Waals surface area contributed by atoms with Gasteiger partial charge in [-0.05, 0) is 5.56 Å². The molecule has 0 saturated carbocycles. The summed E-state index contributed by atoms with van der Waals surface area (Å²) in [6.07, 6.45) is 7.09. The number of hydrogen-bond donors (Lipinski definition) is 0. The third kappa shape index (κ3) is 2.70. The summed E-state index contributed by atoms with van der Waals surface area (Å²) in [4.78, 5) is 8.30.